The molecule has 1 saturated heterocycles. The highest BCUT2D eigenvalue weighted by molar-refractivity contribution is 6.01. The highest BCUT2D eigenvalue weighted by Gasteiger charge is 2.21. The highest BCUT2D eigenvalue weighted by atomic mass is 16.6. The molecule has 0 spiro atoms. The van der Waals surface area contributed by atoms with Crippen LogP contribution in [-0.4, -0.2) is 63.9 Å². The summed E-state index contributed by atoms with van der Waals surface area (Å²) in [7, 11) is 3.02. The van der Waals surface area contributed by atoms with E-state index in [0.29, 0.717) is 50.0 Å². The van der Waals surface area contributed by atoms with Gasteiger partial charge in [-0.05, 0) is 54.0 Å². The predicted molar refractivity (Wildman–Crippen MR) is 151 cm³/mol. The van der Waals surface area contributed by atoms with Crippen LogP contribution < -0.4 is 18.9 Å². The van der Waals surface area contributed by atoms with Crippen LogP contribution in [0.4, 0.5) is 0 Å². The molecule has 40 heavy (non-hydrogen) atoms. The molecule has 0 aromatic heterocycles. The number of hydrogen-bond acceptors (Lipinski definition) is 8. The summed E-state index contributed by atoms with van der Waals surface area (Å²) < 4.78 is 27.4. The van der Waals surface area contributed by atoms with Crippen LogP contribution in [0.25, 0.3) is 12.2 Å². The van der Waals surface area contributed by atoms with E-state index in [4.69, 9.17) is 23.7 Å². The van der Waals surface area contributed by atoms with Gasteiger partial charge in [-0.2, -0.15) is 5.26 Å². The number of ether oxygens (including phenoxy) is 5. The molecular weight excluding hydrogens is 512 g/mol. The fourth-order valence-electron chi connectivity index (χ4n) is 4.03. The van der Waals surface area contributed by atoms with E-state index in [1.165, 1.54) is 32.1 Å². The van der Waals surface area contributed by atoms with E-state index >= 15 is 0 Å². The van der Waals surface area contributed by atoms with Crippen LogP contribution in [0.5, 0.6) is 23.0 Å². The maximum absolute atomic E-state index is 12.7. The van der Waals surface area contributed by atoms with Crippen molar-refractivity contribution in [2.24, 2.45) is 0 Å². The van der Waals surface area contributed by atoms with E-state index in [1.54, 1.807) is 42.4 Å². The standard InChI is InChI=1S/C31H36N2O7/c1-4-5-6-7-16-39-26-11-8-23(20-28(26)36-2)10-13-30(34)40-27-12-9-24(21-29(27)37-3)19-25(22-32)31(35)33-14-17-38-18-15-33/h8-13,19-21H,4-7,14-18H2,1-3H3/b13-10+,25-19+. The van der Waals surface area contributed by atoms with Crippen molar-refractivity contribution in [3.63, 3.8) is 0 Å². The summed E-state index contributed by atoms with van der Waals surface area (Å²) in [5, 5.41) is 9.54. The Balaban J connectivity index is 1.64. The van der Waals surface area contributed by atoms with Crippen molar-refractivity contribution in [3.05, 3.63) is 59.2 Å². The maximum Gasteiger partial charge on any atom is 0.336 e. The molecular formula is C31H36N2O7. The second-order valence-electron chi connectivity index (χ2n) is 9.06. The van der Waals surface area contributed by atoms with E-state index < -0.39 is 5.97 Å². The van der Waals surface area contributed by atoms with E-state index in [1.807, 2.05) is 18.2 Å². The van der Waals surface area contributed by atoms with Crippen LogP contribution in [0.15, 0.2) is 48.0 Å². The molecule has 2 aromatic carbocycles. The third kappa shape index (κ3) is 8.89. The van der Waals surface area contributed by atoms with Crippen molar-refractivity contribution >= 4 is 24.0 Å². The Bertz CT molecular complexity index is 1260. The summed E-state index contributed by atoms with van der Waals surface area (Å²) in [5.41, 5.74) is 1.30. The molecule has 1 fully saturated rings. The quantitative estimate of drug-likeness (QED) is 0.113. The number of esters is 1. The number of carbonyl (C=O) groups is 2. The van der Waals surface area contributed by atoms with Crippen molar-refractivity contribution in [3.8, 4) is 29.1 Å². The molecule has 3 rings (SSSR count). The molecule has 0 radical (unpaired) electrons. The van der Waals surface area contributed by atoms with Gasteiger partial charge in [0.1, 0.15) is 11.6 Å². The molecule has 0 N–H and O–H groups in total. The molecule has 212 valence electrons. The van der Waals surface area contributed by atoms with Crippen LogP contribution >= 0.6 is 0 Å². The molecule has 1 heterocycles. The smallest absolute Gasteiger partial charge is 0.336 e. The van der Waals surface area contributed by atoms with Crippen LogP contribution in [0.1, 0.15) is 43.7 Å². The minimum absolute atomic E-state index is 0.0000269. The first-order chi connectivity index (χ1) is 19.5. The van der Waals surface area contributed by atoms with Crippen LogP contribution in [0.2, 0.25) is 0 Å². The second-order valence-corrected chi connectivity index (χ2v) is 9.06. The fourth-order valence-corrected chi connectivity index (χ4v) is 4.03. The summed E-state index contributed by atoms with van der Waals surface area (Å²) in [5.74, 6) is 0.778. The Hall–Kier alpha value is -4.29. The molecule has 9 heteroatoms. The first-order valence-corrected chi connectivity index (χ1v) is 13.4. The lowest BCUT2D eigenvalue weighted by molar-refractivity contribution is -0.130. The Kier molecular flexibility index (Phi) is 12.1. The highest BCUT2D eigenvalue weighted by Crippen LogP contribution is 2.30. The number of nitrogens with zero attached hydrogens (tertiary/aromatic N) is 2. The van der Waals surface area contributed by atoms with Gasteiger partial charge in [0, 0.05) is 19.2 Å². The van der Waals surface area contributed by atoms with Crippen molar-refractivity contribution in [2.75, 3.05) is 47.1 Å². The minimum Gasteiger partial charge on any atom is -0.493 e. The Morgan fingerprint density at radius 1 is 0.950 bits per heavy atom. The van der Waals surface area contributed by atoms with Gasteiger partial charge in [0.2, 0.25) is 0 Å². The molecule has 1 amide bonds. The number of unbranched alkanes of at least 4 members (excludes halogenated alkanes) is 3. The number of methoxy groups -OCH3 is 2. The number of morpholine rings is 1. The largest absolute Gasteiger partial charge is 0.493 e. The molecule has 0 unspecified atom stereocenters. The lowest BCUT2D eigenvalue weighted by Crippen LogP contribution is -2.41. The van der Waals surface area contributed by atoms with Gasteiger partial charge in [-0.25, -0.2) is 4.79 Å². The van der Waals surface area contributed by atoms with Gasteiger partial charge in [0.25, 0.3) is 5.91 Å². The van der Waals surface area contributed by atoms with E-state index in [2.05, 4.69) is 6.92 Å². The number of nitriles is 1. The number of rotatable bonds is 13. The van der Waals surface area contributed by atoms with Gasteiger partial charge in [-0.3, -0.25) is 4.79 Å². The molecule has 1 aliphatic rings. The zero-order chi connectivity index (χ0) is 28.7. The van der Waals surface area contributed by atoms with Gasteiger partial charge >= 0.3 is 5.97 Å². The Morgan fingerprint density at radius 3 is 2.33 bits per heavy atom. The van der Waals surface area contributed by atoms with Crippen molar-refractivity contribution in [1.82, 2.24) is 4.90 Å². The summed E-state index contributed by atoms with van der Waals surface area (Å²) >= 11 is 0. The minimum atomic E-state index is -0.600. The van der Waals surface area contributed by atoms with Crippen LogP contribution in [-0.2, 0) is 14.3 Å². The third-order valence-electron chi connectivity index (χ3n) is 6.21. The topological polar surface area (TPSA) is 107 Å². The van der Waals surface area contributed by atoms with Gasteiger partial charge in [-0.1, -0.05) is 38.3 Å². The van der Waals surface area contributed by atoms with Crippen LogP contribution in [0, 0.1) is 11.3 Å². The van der Waals surface area contributed by atoms with Crippen molar-refractivity contribution in [2.45, 2.75) is 32.6 Å². The monoisotopic (exact) mass is 548 g/mol. The lowest BCUT2D eigenvalue weighted by atomic mass is 10.1. The molecule has 1 aliphatic heterocycles. The molecule has 2 aromatic rings. The van der Waals surface area contributed by atoms with Crippen LogP contribution in [0.3, 0.4) is 0 Å². The molecule has 0 atom stereocenters. The normalized spacial score (nSPS) is 13.6. The van der Waals surface area contributed by atoms with Crippen molar-refractivity contribution < 1.29 is 33.3 Å². The van der Waals surface area contributed by atoms with Crippen molar-refractivity contribution in [1.29, 1.82) is 5.26 Å². The predicted octanol–water partition coefficient (Wildman–Crippen LogP) is 5.05. The number of hydrogen-bond donors (Lipinski definition) is 0. The van der Waals surface area contributed by atoms with Gasteiger partial charge in [0.15, 0.2) is 23.0 Å². The summed E-state index contributed by atoms with van der Waals surface area (Å²) in [6.45, 7) is 4.55. The average Bonchev–Trinajstić information content (AvgIpc) is 2.99. The summed E-state index contributed by atoms with van der Waals surface area (Å²) in [6.07, 6.45) is 8.88. The van der Waals surface area contributed by atoms with E-state index in [9.17, 15) is 14.9 Å². The summed E-state index contributed by atoms with van der Waals surface area (Å²) in [4.78, 5) is 26.8. The van der Waals surface area contributed by atoms with Gasteiger partial charge < -0.3 is 28.6 Å². The zero-order valence-electron chi connectivity index (χ0n) is 23.3. The second kappa shape index (κ2) is 16.0. The number of benzene rings is 2. The number of carbonyl (C=O) groups excluding carboxylic acids is 2. The summed E-state index contributed by atoms with van der Waals surface area (Å²) in [6, 6.07) is 12.2. The van der Waals surface area contributed by atoms with Gasteiger partial charge in [0.05, 0.1) is 34.0 Å². The van der Waals surface area contributed by atoms with Gasteiger partial charge in [-0.15, -0.1) is 0 Å². The maximum atomic E-state index is 12.7. The zero-order valence-corrected chi connectivity index (χ0v) is 23.3. The number of amides is 1. The first kappa shape index (κ1) is 30.3. The molecule has 0 aliphatic carbocycles. The molecule has 0 saturated carbocycles. The average molecular weight is 549 g/mol. The Labute approximate surface area is 235 Å². The Morgan fingerprint density at radius 2 is 1.62 bits per heavy atom. The molecule has 9 nitrogen and oxygen atoms in total. The third-order valence-corrected chi connectivity index (χ3v) is 6.21. The SMILES string of the molecule is CCCCCCOc1ccc(/C=C/C(=O)Oc2ccc(/C=C(\C#N)C(=O)N3CCOCC3)cc2OC)cc1OC. The lowest BCUT2D eigenvalue weighted by Gasteiger charge is -2.26. The first-order valence-electron chi connectivity index (χ1n) is 13.4. The fraction of sp³-hybridized carbons (Fsp3) is 0.387. The van der Waals surface area contributed by atoms with E-state index in [-0.39, 0.29) is 23.0 Å². The molecule has 0 bridgehead atoms. The van der Waals surface area contributed by atoms with E-state index in [0.717, 1.165) is 18.4 Å².